The molecule has 1 atom stereocenters. The monoisotopic (exact) mass is 470 g/mol. The Kier molecular flexibility index (Phi) is 7.76. The van der Waals surface area contributed by atoms with Gasteiger partial charge in [0.25, 0.3) is 0 Å². The van der Waals surface area contributed by atoms with Crippen molar-refractivity contribution in [2.45, 2.75) is 18.7 Å². The van der Waals surface area contributed by atoms with Gasteiger partial charge in [0.15, 0.2) is 0 Å². The van der Waals surface area contributed by atoms with Crippen molar-refractivity contribution >= 4 is 45.1 Å². The van der Waals surface area contributed by atoms with Gasteiger partial charge in [-0.15, -0.1) is 0 Å². The third-order valence-electron chi connectivity index (χ3n) is 5.14. The molecule has 0 heterocycles. The Balaban J connectivity index is 1.83. The number of hydrogen-bond acceptors (Lipinski definition) is 4. The number of hydrogen-bond donors (Lipinski definition) is 2. The Hall–Kier alpha value is -4.03. The lowest BCUT2D eigenvalue weighted by molar-refractivity contribution is 0.684. The third-order valence-corrected chi connectivity index (χ3v) is 6.74. The molecule has 0 saturated heterocycles. The summed E-state index contributed by atoms with van der Waals surface area (Å²) in [5, 5.41) is 0. The number of nitrogens with zero attached hydrogens (tertiary/aromatic N) is 2. The SMILES string of the molecule is C=N/C(=C\N(/C=C\C)C(=C)c1ccc(NS(=C)(=O)c2ccc(C)cc2)cc1)c1cccc(N)c1. The van der Waals surface area contributed by atoms with Crippen LogP contribution in [0.15, 0.2) is 108 Å². The molecule has 0 radical (unpaired) electrons. The quantitative estimate of drug-likeness (QED) is 0.223. The molecular weight excluding hydrogens is 440 g/mol. The molecule has 174 valence electrons. The molecule has 0 saturated carbocycles. The summed E-state index contributed by atoms with van der Waals surface area (Å²) in [5.41, 5.74) is 11.5. The van der Waals surface area contributed by atoms with E-state index in [1.54, 1.807) is 0 Å². The normalized spacial score (nSPS) is 13.3. The van der Waals surface area contributed by atoms with E-state index in [9.17, 15) is 4.21 Å². The molecule has 0 aliphatic rings. The number of nitrogen functional groups attached to an aromatic ring is 1. The largest absolute Gasteiger partial charge is 0.399 e. The number of allylic oxidation sites excluding steroid dienone is 1. The van der Waals surface area contributed by atoms with Gasteiger partial charge in [0.1, 0.15) is 0 Å². The number of nitrogens with one attached hydrogen (secondary N) is 1. The highest BCUT2D eigenvalue weighted by Crippen LogP contribution is 2.26. The number of nitrogens with two attached hydrogens (primary N) is 1. The highest BCUT2D eigenvalue weighted by molar-refractivity contribution is 8.01. The van der Waals surface area contributed by atoms with Crippen LogP contribution in [-0.4, -0.2) is 21.7 Å². The molecule has 3 aromatic carbocycles. The molecule has 3 N–H and O–H groups in total. The Labute approximate surface area is 202 Å². The summed E-state index contributed by atoms with van der Waals surface area (Å²) in [6.45, 7) is 11.9. The van der Waals surface area contributed by atoms with Gasteiger partial charge in [0, 0.05) is 39.9 Å². The van der Waals surface area contributed by atoms with E-state index in [0.717, 1.165) is 22.4 Å². The molecule has 0 spiro atoms. The maximum Gasteiger partial charge on any atom is 0.0861 e. The van der Waals surface area contributed by atoms with Crippen LogP contribution in [0.25, 0.3) is 11.4 Å². The van der Waals surface area contributed by atoms with Crippen LogP contribution < -0.4 is 10.5 Å². The van der Waals surface area contributed by atoms with Crippen molar-refractivity contribution in [3.63, 3.8) is 0 Å². The van der Waals surface area contributed by atoms with Crippen LogP contribution in [0.3, 0.4) is 0 Å². The lowest BCUT2D eigenvalue weighted by atomic mass is 10.1. The predicted octanol–water partition coefficient (Wildman–Crippen LogP) is 6.19. The van der Waals surface area contributed by atoms with Gasteiger partial charge in [0.2, 0.25) is 0 Å². The number of rotatable bonds is 9. The van der Waals surface area contributed by atoms with Gasteiger partial charge >= 0.3 is 0 Å². The van der Waals surface area contributed by atoms with Crippen molar-refractivity contribution in [2.24, 2.45) is 4.99 Å². The van der Waals surface area contributed by atoms with Gasteiger partial charge in [-0.25, -0.2) is 4.21 Å². The summed E-state index contributed by atoms with van der Waals surface area (Å²) < 4.78 is 16.2. The van der Waals surface area contributed by atoms with Gasteiger partial charge in [-0.05, 0) is 68.4 Å². The minimum Gasteiger partial charge on any atom is -0.399 e. The Morgan fingerprint density at radius 2 is 1.74 bits per heavy atom. The van der Waals surface area contributed by atoms with E-state index in [-0.39, 0.29) is 0 Å². The maximum absolute atomic E-state index is 13.1. The highest BCUT2D eigenvalue weighted by atomic mass is 32.2. The molecule has 3 rings (SSSR count). The molecule has 34 heavy (non-hydrogen) atoms. The summed E-state index contributed by atoms with van der Waals surface area (Å²) in [7, 11) is -2.67. The van der Waals surface area contributed by atoms with Gasteiger partial charge < -0.3 is 15.4 Å². The van der Waals surface area contributed by atoms with E-state index in [0.29, 0.717) is 22.0 Å². The van der Waals surface area contributed by atoms with Crippen molar-refractivity contribution in [3.8, 4) is 0 Å². The van der Waals surface area contributed by atoms with Crippen molar-refractivity contribution in [3.05, 3.63) is 115 Å². The summed E-state index contributed by atoms with van der Waals surface area (Å²) in [4.78, 5) is 6.71. The molecule has 3 aromatic rings. The molecule has 0 amide bonds. The van der Waals surface area contributed by atoms with E-state index in [1.165, 1.54) is 0 Å². The predicted molar refractivity (Wildman–Crippen MR) is 149 cm³/mol. The minimum absolute atomic E-state index is 0.652. The first-order chi connectivity index (χ1) is 16.2. The van der Waals surface area contributed by atoms with Gasteiger partial charge in [0.05, 0.1) is 15.4 Å². The molecule has 1 unspecified atom stereocenters. The average Bonchev–Trinajstić information content (AvgIpc) is 2.82. The maximum atomic E-state index is 13.1. The second kappa shape index (κ2) is 10.7. The van der Waals surface area contributed by atoms with Gasteiger partial charge in [-0.2, -0.15) is 0 Å². The first-order valence-corrected chi connectivity index (χ1v) is 12.4. The number of benzene rings is 3. The van der Waals surface area contributed by atoms with Crippen LogP contribution in [-0.2, 0) is 9.71 Å². The van der Waals surface area contributed by atoms with E-state index in [1.807, 2.05) is 110 Å². The second-order valence-corrected chi connectivity index (χ2v) is 9.83. The zero-order valence-electron chi connectivity index (χ0n) is 19.6. The van der Waals surface area contributed by atoms with E-state index < -0.39 is 9.71 Å². The number of aryl methyl sites for hydroxylation is 1. The number of aliphatic imine (C=N–C) groups is 1. The van der Waals surface area contributed by atoms with Crippen molar-refractivity contribution in [1.29, 1.82) is 0 Å². The lowest BCUT2D eigenvalue weighted by Gasteiger charge is -2.20. The Morgan fingerprint density at radius 1 is 1.06 bits per heavy atom. The average molecular weight is 471 g/mol. The summed E-state index contributed by atoms with van der Waals surface area (Å²) in [5.74, 6) is 3.90. The second-order valence-electron chi connectivity index (χ2n) is 7.80. The molecule has 0 fully saturated rings. The van der Waals surface area contributed by atoms with Crippen LogP contribution >= 0.6 is 0 Å². The molecule has 0 bridgehead atoms. The van der Waals surface area contributed by atoms with Gasteiger partial charge in [-0.1, -0.05) is 54.6 Å². The molecule has 6 heteroatoms. The van der Waals surface area contributed by atoms with E-state index in [2.05, 4.69) is 28.9 Å². The standard InChI is InChI=1S/C28H30N4OS/c1-6-18-32(20-28(30-4)24-8-7-9-25(29)19-24)22(3)23-12-14-26(15-13-23)31-34(5,33)27-16-10-21(2)11-17-27/h6-20H,3-5,29H2,1-2H3,(H,31,33)/b18-6-,28-20-. The van der Waals surface area contributed by atoms with E-state index in [4.69, 9.17) is 5.73 Å². The molecule has 0 aliphatic carbocycles. The van der Waals surface area contributed by atoms with Crippen molar-refractivity contribution < 1.29 is 4.21 Å². The topological polar surface area (TPSA) is 70.7 Å². The Morgan fingerprint density at radius 3 is 2.32 bits per heavy atom. The Bertz CT molecular complexity index is 1340. The molecule has 5 nitrogen and oxygen atoms in total. The lowest BCUT2D eigenvalue weighted by Crippen LogP contribution is -2.13. The minimum atomic E-state index is -2.67. The fraction of sp³-hybridized carbons (Fsp3) is 0.0714. The molecule has 0 aromatic heterocycles. The summed E-state index contributed by atoms with van der Waals surface area (Å²) >= 11 is 0. The van der Waals surface area contributed by atoms with Crippen LogP contribution in [0.4, 0.5) is 11.4 Å². The van der Waals surface area contributed by atoms with Gasteiger partial charge in [-0.3, -0.25) is 4.99 Å². The summed E-state index contributed by atoms with van der Waals surface area (Å²) in [6, 6.07) is 22.6. The summed E-state index contributed by atoms with van der Waals surface area (Å²) in [6.07, 6.45) is 5.67. The van der Waals surface area contributed by atoms with Crippen LogP contribution in [0, 0.1) is 6.92 Å². The fourth-order valence-corrected chi connectivity index (χ4v) is 4.51. The zero-order chi connectivity index (χ0) is 24.7. The first kappa shape index (κ1) is 24.6. The molecular formula is C28H30N4OS. The smallest absolute Gasteiger partial charge is 0.0861 e. The third kappa shape index (κ3) is 6.05. The van der Waals surface area contributed by atoms with E-state index >= 15 is 0 Å². The van der Waals surface area contributed by atoms with Crippen LogP contribution in [0.1, 0.15) is 23.6 Å². The van der Waals surface area contributed by atoms with Crippen molar-refractivity contribution in [2.75, 3.05) is 10.5 Å². The van der Waals surface area contributed by atoms with Crippen molar-refractivity contribution in [1.82, 2.24) is 4.90 Å². The van der Waals surface area contributed by atoms with Crippen LogP contribution in [0.5, 0.6) is 0 Å². The molecule has 0 aliphatic heterocycles. The first-order valence-electron chi connectivity index (χ1n) is 10.7. The zero-order valence-corrected chi connectivity index (χ0v) is 20.4. The number of anilines is 2. The fourth-order valence-electron chi connectivity index (χ4n) is 3.30. The highest BCUT2D eigenvalue weighted by Gasteiger charge is 2.11. The van der Waals surface area contributed by atoms with Crippen LogP contribution in [0.2, 0.25) is 0 Å².